The zero-order valence-electron chi connectivity index (χ0n) is 80.3. The van der Waals surface area contributed by atoms with Gasteiger partial charge in [-0.3, -0.25) is 0 Å². The number of nitrogen functional groups attached to an aromatic ring is 3. The van der Waals surface area contributed by atoms with Crippen LogP contribution in [0.15, 0.2) is 204 Å². The van der Waals surface area contributed by atoms with E-state index >= 15 is 0 Å². The number of carbonyl (C=O) groups excluding carboxylic acids is 10. The van der Waals surface area contributed by atoms with Crippen LogP contribution in [-0.4, -0.2) is 194 Å². The minimum atomic E-state index is -1.66. The molecule has 18 rings (SSSR count). The number of nitrogens with zero attached hydrogens (tertiary/aromatic N) is 27. The number of aliphatic hydroxyl groups is 1. The zero-order valence-corrected chi connectivity index (χ0v) is 82.9. The number of azide groups is 1. The maximum Gasteiger partial charge on any atom is 0.373 e. The maximum absolute atomic E-state index is 9.16. The number of hydrogen-bond donors (Lipinski definition) is 5. The zero-order chi connectivity index (χ0) is 105. The second kappa shape index (κ2) is 58.9. The van der Waals surface area contributed by atoms with E-state index in [9.17, 15) is 0 Å². The molecule has 738 valence electrons. The van der Waals surface area contributed by atoms with Crippen LogP contribution in [0.1, 0.15) is 106 Å². The lowest BCUT2D eigenvalue weighted by Crippen LogP contribution is -2.45. The van der Waals surface area contributed by atoms with Gasteiger partial charge >= 0.3 is 30.8 Å². The summed E-state index contributed by atoms with van der Waals surface area (Å²) >= 11 is 3.37. The Balaban J connectivity index is 0.000000232. The number of halogens is 1. The van der Waals surface area contributed by atoms with E-state index in [1.165, 1.54) is 19.5 Å². The van der Waals surface area contributed by atoms with E-state index in [2.05, 4.69) is 202 Å². The summed E-state index contributed by atoms with van der Waals surface area (Å²) in [5.41, 5.74) is 38.7. The molecule has 5 fully saturated rings. The van der Waals surface area contributed by atoms with Crippen molar-refractivity contribution in [2.45, 2.75) is 106 Å². The number of aliphatic hydroxyl groups excluding tert-OH is 1. The third-order valence-corrected chi connectivity index (χ3v) is 26.5. The van der Waals surface area contributed by atoms with Gasteiger partial charge in [-0.05, 0) is 198 Å². The van der Waals surface area contributed by atoms with Crippen LogP contribution in [0.3, 0.4) is 0 Å². The number of rotatable bonds is 19. The second-order valence-corrected chi connectivity index (χ2v) is 39.5. The SMILES string of the molecule is C#Cc1cc(-c2cccc(C#N)c2)nc(N)n1.CC(C)(C)[Si](C)(C)OCc1cccc(Br)n1.CC1CN(c2cccc(CN=[N+]=[N-])n2)C1.CC1CN(c2cccc(CO)n2)C1.CC1CN(c2cccc(Cn3cc(-c4cc(-c5cccc(C#N)c5)nc(N)n4)nn3)n2)C1.CC1CNC1.N#Cc1cccc(-c2cc(-c3cn(Cc4cccc(N5CCC5)n4)nn3)nc(N)n2)c1.O=C=O.O=C=O.O=C=O.O=C=O.O=C=O. The molecule has 45 heteroatoms. The normalized spacial score (nSPS) is 12.7. The maximum atomic E-state index is 9.16. The third-order valence-electron chi connectivity index (χ3n) is 21.6. The number of nitriles is 3. The number of benzene rings is 3. The molecule has 0 bridgehead atoms. The van der Waals surface area contributed by atoms with Crippen LogP contribution in [0.25, 0.3) is 67.0 Å². The molecule has 43 nitrogen and oxygen atoms in total. The third kappa shape index (κ3) is 37.3. The summed E-state index contributed by atoms with van der Waals surface area (Å²) in [6.45, 7) is 33.1. The summed E-state index contributed by atoms with van der Waals surface area (Å²) in [6.07, 6.45) is 11.4. The predicted octanol–water partition coefficient (Wildman–Crippen LogP) is 11.9. The molecule has 0 amide bonds. The van der Waals surface area contributed by atoms with Crippen molar-refractivity contribution in [2.75, 3.05) is 102 Å². The molecule has 144 heavy (non-hydrogen) atoms. The van der Waals surface area contributed by atoms with Crippen molar-refractivity contribution >= 4 is 96.1 Å². The van der Waals surface area contributed by atoms with Crippen LogP contribution >= 0.6 is 15.9 Å². The van der Waals surface area contributed by atoms with Crippen molar-refractivity contribution in [3.8, 4) is 87.1 Å². The van der Waals surface area contributed by atoms with E-state index in [1.807, 2.05) is 134 Å². The lowest BCUT2D eigenvalue weighted by atomic mass is 10.0. The van der Waals surface area contributed by atoms with Gasteiger partial charge < -0.3 is 51.6 Å². The predicted molar refractivity (Wildman–Crippen MR) is 532 cm³/mol. The molecular formula is C99H104BrN31O12Si. The Morgan fingerprint density at radius 2 is 0.806 bits per heavy atom. The highest BCUT2D eigenvalue weighted by atomic mass is 79.9. The monoisotopic (exact) mass is 2030 g/mol. The lowest BCUT2D eigenvalue weighted by molar-refractivity contribution is -0.193. The largest absolute Gasteiger partial charge is 0.411 e. The van der Waals surface area contributed by atoms with Gasteiger partial charge in [0.05, 0.1) is 131 Å². The highest BCUT2D eigenvalue weighted by Gasteiger charge is 2.37. The van der Waals surface area contributed by atoms with Crippen LogP contribution in [0.5, 0.6) is 0 Å². The highest BCUT2D eigenvalue weighted by molar-refractivity contribution is 9.10. The first kappa shape index (κ1) is 113. The molecule has 5 aliphatic rings. The molecule has 0 atom stereocenters. The number of nitrogens with one attached hydrogen (secondary N) is 1. The van der Waals surface area contributed by atoms with Gasteiger partial charge in [0.25, 0.3) is 0 Å². The van der Waals surface area contributed by atoms with Crippen molar-refractivity contribution in [1.82, 2.24) is 90.1 Å². The van der Waals surface area contributed by atoms with Gasteiger partial charge in [-0.1, -0.05) is 137 Å². The first-order chi connectivity index (χ1) is 69.2. The van der Waals surface area contributed by atoms with E-state index < -0.39 is 8.32 Å². The second-order valence-electron chi connectivity index (χ2n) is 33.9. The molecule has 3 aromatic carbocycles. The molecule has 13 aromatic rings. The molecular weight excluding hydrogens is 1920 g/mol. The average molecular weight is 2030 g/mol. The summed E-state index contributed by atoms with van der Waals surface area (Å²) in [5.74, 6) is 9.97. The van der Waals surface area contributed by atoms with Crippen molar-refractivity contribution in [3.63, 3.8) is 0 Å². The summed E-state index contributed by atoms with van der Waals surface area (Å²) < 4.78 is 10.4. The van der Waals surface area contributed by atoms with Crippen molar-refractivity contribution in [2.24, 2.45) is 28.8 Å². The molecule has 10 aromatic heterocycles. The number of nitrogens with two attached hydrogens (primary N) is 3. The topological polar surface area (TPSA) is 627 Å². The molecule has 0 aliphatic carbocycles. The van der Waals surface area contributed by atoms with Crippen LogP contribution < -0.4 is 42.1 Å². The molecule has 0 radical (unpaired) electrons. The number of terminal acetylenes is 1. The fraction of sp³-hybridized carbons (Fsp3) is 0.303. The summed E-state index contributed by atoms with van der Waals surface area (Å²) in [7, 11) is -1.66. The Labute approximate surface area is 839 Å². The van der Waals surface area contributed by atoms with E-state index in [0.29, 0.717) is 94.4 Å². The van der Waals surface area contributed by atoms with Crippen molar-refractivity contribution in [1.29, 1.82) is 15.8 Å². The minimum Gasteiger partial charge on any atom is -0.411 e. The Kier molecular flexibility index (Phi) is 46.4. The number of hydrogen-bond acceptors (Lipinski definition) is 39. The first-order valence-electron chi connectivity index (χ1n) is 44.4. The Morgan fingerprint density at radius 1 is 0.465 bits per heavy atom. The van der Waals surface area contributed by atoms with Crippen LogP contribution in [0.4, 0.5) is 41.1 Å². The van der Waals surface area contributed by atoms with Gasteiger partial charge in [0, 0.05) is 79.7 Å². The van der Waals surface area contributed by atoms with Crippen LogP contribution in [-0.2, 0) is 85.2 Å². The van der Waals surface area contributed by atoms with Crippen LogP contribution in [0, 0.1) is 70.0 Å². The lowest BCUT2D eigenvalue weighted by Gasteiger charge is -2.38. The van der Waals surface area contributed by atoms with Gasteiger partial charge in [-0.25, -0.2) is 64.2 Å². The molecule has 5 aliphatic heterocycles. The van der Waals surface area contributed by atoms with Gasteiger partial charge in [0.15, 0.2) is 8.32 Å². The van der Waals surface area contributed by atoms with Gasteiger partial charge in [-0.2, -0.15) is 63.7 Å². The fourth-order valence-corrected chi connectivity index (χ4v) is 14.7. The van der Waals surface area contributed by atoms with E-state index in [-0.39, 0.29) is 60.2 Å². The summed E-state index contributed by atoms with van der Waals surface area (Å²) in [6, 6.07) is 62.6. The van der Waals surface area contributed by atoms with E-state index in [1.54, 1.807) is 70.0 Å². The molecule has 8 N–H and O–H groups in total. The van der Waals surface area contributed by atoms with E-state index in [4.69, 9.17) is 112 Å². The Hall–Kier alpha value is -17.7. The number of aromatic nitrogens is 17. The minimum absolute atomic E-state index is 0.0250. The summed E-state index contributed by atoms with van der Waals surface area (Å²) in [5, 5.41) is 59.9. The Bertz CT molecular complexity index is 6730. The van der Waals surface area contributed by atoms with Crippen molar-refractivity contribution < 1.29 is 57.5 Å². The molecule has 0 saturated carbocycles. The smallest absolute Gasteiger partial charge is 0.373 e. The number of anilines is 7. The number of pyridine rings is 5. The van der Waals surface area contributed by atoms with Gasteiger partial charge in [0.2, 0.25) is 17.8 Å². The molecule has 15 heterocycles. The Morgan fingerprint density at radius 3 is 1.15 bits per heavy atom. The fourth-order valence-electron chi connectivity index (χ4n) is 13.4. The quantitative estimate of drug-likeness (QED) is 0.0125. The van der Waals surface area contributed by atoms with Crippen molar-refractivity contribution in [3.05, 3.63) is 260 Å². The molecule has 0 unspecified atom stereocenters. The molecule has 0 spiro atoms. The standard InChI is InChI=1S/C23H21N9.C22H19N9.C13H8N4.C12H20BrNOSi.C10H13N5.C10H14N2O.C4H9N.5CO2/c1-15-11-31(12-15)22-7-3-6-18(26-22)13-32-14-21(29-30-32)20-9-19(27-23(25)28-20)17-5-2-4-16(8-17)10-24;23-12-15-4-1-5-16(10-15)18-11-19(27-22(24)26-18)20-14-31(29-28-20)13-17-6-2-7-21(25-17)30-8-3-9-30;1-2-11-7-12(17-13(15)16-11)10-5-3-4-9(6-10)8-14;1-12(2,3)16(4,5)15-9-10-7-6-8-11(13)14-10;1-8-6-15(7-8)10-4-2-3-9(13-10)5-12-14-11;1-8-5-12(6-8)10-4-2-3-9(7-13)11-10;1-4-2-5-3-4;5*2-1-3/h2-9,14-15H,11-13H2,1H3,(H2,25,27,28);1-2,4-7,10-11,14H,3,8-9,13H2,(H2,24,26,27);1,3-7H,(H2,15,16,17);6-8H,9H2,1-5H3;2-4,8H,5-7H2,1H3;2-4,8,13H,5-7H2,1H3;4-5H,2-3H2,1H3;;;;;. The van der Waals surface area contributed by atoms with Gasteiger partial charge in [0.1, 0.15) is 45.0 Å². The summed E-state index contributed by atoms with van der Waals surface area (Å²) in [4.78, 5) is 141. The first-order valence-corrected chi connectivity index (χ1v) is 48.1. The molecule has 5 saturated heterocycles. The average Bonchev–Trinajstić information content (AvgIpc) is 1.52. The van der Waals surface area contributed by atoms with Gasteiger partial charge in [-0.15, -0.1) is 16.6 Å². The van der Waals surface area contributed by atoms with E-state index in [0.717, 1.165) is 143 Å². The highest BCUT2D eigenvalue weighted by Crippen LogP contribution is 2.38. The van der Waals surface area contributed by atoms with Crippen LogP contribution in [0.2, 0.25) is 18.1 Å².